The van der Waals surface area contributed by atoms with Gasteiger partial charge in [0.05, 0.1) is 11.6 Å². The van der Waals surface area contributed by atoms with E-state index < -0.39 is 6.10 Å². The van der Waals surface area contributed by atoms with Gasteiger partial charge in [0.1, 0.15) is 11.5 Å². The average Bonchev–Trinajstić information content (AvgIpc) is 2.48. The molecule has 0 aliphatic heterocycles. The van der Waals surface area contributed by atoms with E-state index in [9.17, 15) is 5.11 Å². The largest absolute Gasteiger partial charge is 0.457 e. The van der Waals surface area contributed by atoms with Crippen molar-refractivity contribution in [3.63, 3.8) is 0 Å². The van der Waals surface area contributed by atoms with Crippen LogP contribution in [0.5, 0.6) is 11.5 Å². The number of aromatic nitrogens is 1. The van der Waals surface area contributed by atoms with Gasteiger partial charge in [-0.15, -0.1) is 0 Å². The number of pyridine rings is 1. The molecule has 0 saturated carbocycles. The summed E-state index contributed by atoms with van der Waals surface area (Å²) in [5, 5.41) is 10.5. The molecule has 20 heavy (non-hydrogen) atoms. The quantitative estimate of drug-likeness (QED) is 0.775. The fourth-order valence-corrected chi connectivity index (χ4v) is 2.11. The molecular formula is C17H15NO2. The van der Waals surface area contributed by atoms with Gasteiger partial charge in [-0.25, -0.2) is 0 Å². The van der Waals surface area contributed by atoms with Crippen LogP contribution in [-0.4, -0.2) is 10.1 Å². The van der Waals surface area contributed by atoms with Gasteiger partial charge < -0.3 is 9.84 Å². The molecule has 0 aliphatic carbocycles. The zero-order valence-electron chi connectivity index (χ0n) is 11.2. The van der Waals surface area contributed by atoms with E-state index >= 15 is 0 Å². The highest BCUT2D eigenvalue weighted by Gasteiger charge is 2.05. The van der Waals surface area contributed by atoms with Gasteiger partial charge in [0.2, 0.25) is 0 Å². The van der Waals surface area contributed by atoms with Crippen LogP contribution >= 0.6 is 0 Å². The maximum Gasteiger partial charge on any atom is 0.136 e. The summed E-state index contributed by atoms with van der Waals surface area (Å²) in [5.41, 5.74) is 1.78. The number of hydrogen-bond acceptors (Lipinski definition) is 3. The molecule has 3 rings (SSSR count). The summed E-state index contributed by atoms with van der Waals surface area (Å²) in [7, 11) is 0. The molecule has 2 aromatic carbocycles. The van der Waals surface area contributed by atoms with Crippen molar-refractivity contribution in [1.29, 1.82) is 0 Å². The minimum atomic E-state index is -0.467. The van der Waals surface area contributed by atoms with Crippen LogP contribution in [0.25, 0.3) is 10.9 Å². The topological polar surface area (TPSA) is 42.4 Å². The number of hydrogen-bond donors (Lipinski definition) is 1. The van der Waals surface area contributed by atoms with Crippen LogP contribution in [0.15, 0.2) is 60.8 Å². The van der Waals surface area contributed by atoms with Gasteiger partial charge in [0.25, 0.3) is 0 Å². The van der Waals surface area contributed by atoms with E-state index in [-0.39, 0.29) is 0 Å². The van der Waals surface area contributed by atoms with Crippen molar-refractivity contribution in [2.75, 3.05) is 0 Å². The molecule has 1 heterocycles. The number of aliphatic hydroxyl groups excluding tert-OH is 1. The van der Waals surface area contributed by atoms with Crippen LogP contribution in [0.3, 0.4) is 0 Å². The highest BCUT2D eigenvalue weighted by Crippen LogP contribution is 2.29. The predicted octanol–water partition coefficient (Wildman–Crippen LogP) is 4.08. The highest BCUT2D eigenvalue weighted by molar-refractivity contribution is 5.85. The number of aliphatic hydroxyl groups is 1. The Hall–Kier alpha value is -2.39. The number of fused-ring (bicyclic) bond motifs is 1. The summed E-state index contributed by atoms with van der Waals surface area (Å²) in [5.74, 6) is 1.52. The molecule has 0 radical (unpaired) electrons. The second-order valence-corrected chi connectivity index (χ2v) is 4.67. The second-order valence-electron chi connectivity index (χ2n) is 4.67. The van der Waals surface area contributed by atoms with E-state index in [0.717, 1.165) is 28.0 Å². The van der Waals surface area contributed by atoms with E-state index in [0.29, 0.717) is 0 Å². The summed E-state index contributed by atoms with van der Waals surface area (Å²) in [6.07, 6.45) is 1.30. The number of ether oxygens (including phenoxy) is 1. The van der Waals surface area contributed by atoms with Crippen molar-refractivity contribution in [1.82, 2.24) is 4.98 Å². The van der Waals surface area contributed by atoms with E-state index in [2.05, 4.69) is 4.98 Å². The summed E-state index contributed by atoms with van der Waals surface area (Å²) in [6, 6.07) is 17.1. The van der Waals surface area contributed by atoms with Gasteiger partial charge in [-0.3, -0.25) is 4.98 Å². The van der Waals surface area contributed by atoms with Crippen molar-refractivity contribution in [3.8, 4) is 11.5 Å². The predicted molar refractivity (Wildman–Crippen MR) is 78.9 cm³/mol. The molecule has 3 nitrogen and oxygen atoms in total. The molecule has 1 unspecified atom stereocenters. The fraction of sp³-hybridized carbons (Fsp3) is 0.118. The first kappa shape index (κ1) is 12.6. The number of nitrogens with zero attached hydrogens (tertiary/aromatic N) is 1. The molecule has 1 N–H and O–H groups in total. The van der Waals surface area contributed by atoms with E-state index in [1.54, 1.807) is 13.1 Å². The van der Waals surface area contributed by atoms with Crippen LogP contribution in [0.2, 0.25) is 0 Å². The molecule has 0 fully saturated rings. The van der Waals surface area contributed by atoms with Gasteiger partial charge >= 0.3 is 0 Å². The Labute approximate surface area is 117 Å². The first-order chi connectivity index (χ1) is 9.74. The number of benzene rings is 2. The van der Waals surface area contributed by atoms with E-state index in [1.807, 2.05) is 54.6 Å². The van der Waals surface area contributed by atoms with Crippen molar-refractivity contribution < 1.29 is 9.84 Å². The Bertz CT molecular complexity index is 715. The van der Waals surface area contributed by atoms with Gasteiger partial charge in [0, 0.05) is 11.6 Å². The maximum atomic E-state index is 9.50. The van der Waals surface area contributed by atoms with Crippen LogP contribution < -0.4 is 4.74 Å². The Morgan fingerprint density at radius 2 is 1.80 bits per heavy atom. The Morgan fingerprint density at radius 3 is 2.55 bits per heavy atom. The number of rotatable bonds is 3. The minimum absolute atomic E-state index is 0.467. The Balaban J connectivity index is 1.93. The lowest BCUT2D eigenvalue weighted by Gasteiger charge is -2.10. The molecule has 0 spiro atoms. The van der Waals surface area contributed by atoms with Crippen LogP contribution in [0.4, 0.5) is 0 Å². The van der Waals surface area contributed by atoms with Crippen molar-refractivity contribution >= 4 is 10.9 Å². The molecule has 1 aromatic heterocycles. The molecule has 0 bridgehead atoms. The third-order valence-corrected chi connectivity index (χ3v) is 3.20. The first-order valence-electron chi connectivity index (χ1n) is 6.54. The summed E-state index contributed by atoms with van der Waals surface area (Å²) in [6.45, 7) is 1.74. The highest BCUT2D eigenvalue weighted by atomic mass is 16.5. The Kier molecular flexibility index (Phi) is 3.35. The average molecular weight is 265 g/mol. The van der Waals surface area contributed by atoms with Gasteiger partial charge in [0.15, 0.2) is 0 Å². The molecule has 0 aliphatic rings. The second kappa shape index (κ2) is 5.31. The third-order valence-electron chi connectivity index (χ3n) is 3.20. The molecule has 0 saturated heterocycles. The monoisotopic (exact) mass is 265 g/mol. The lowest BCUT2D eigenvalue weighted by molar-refractivity contribution is 0.199. The molecule has 3 heteroatoms. The Morgan fingerprint density at radius 1 is 1.00 bits per heavy atom. The van der Waals surface area contributed by atoms with Gasteiger partial charge in [-0.1, -0.05) is 18.2 Å². The van der Waals surface area contributed by atoms with Gasteiger partial charge in [-0.05, 0) is 48.9 Å². The normalized spacial score (nSPS) is 12.3. The van der Waals surface area contributed by atoms with Crippen LogP contribution in [0.1, 0.15) is 18.6 Å². The smallest absolute Gasteiger partial charge is 0.136 e. The summed E-state index contributed by atoms with van der Waals surface area (Å²) >= 11 is 0. The zero-order valence-corrected chi connectivity index (χ0v) is 11.2. The SMILES string of the molecule is CC(O)c1ccc(Oc2cccc3ncccc23)cc1. The van der Waals surface area contributed by atoms with Crippen LogP contribution in [-0.2, 0) is 0 Å². The molecular weight excluding hydrogens is 250 g/mol. The molecule has 3 aromatic rings. The lowest BCUT2D eigenvalue weighted by atomic mass is 10.1. The fourth-order valence-electron chi connectivity index (χ4n) is 2.11. The molecule has 0 amide bonds. The van der Waals surface area contributed by atoms with Crippen LogP contribution in [0, 0.1) is 0 Å². The third kappa shape index (κ3) is 2.49. The van der Waals surface area contributed by atoms with E-state index in [1.165, 1.54) is 0 Å². The summed E-state index contributed by atoms with van der Waals surface area (Å²) < 4.78 is 5.90. The molecule has 1 atom stereocenters. The summed E-state index contributed by atoms with van der Waals surface area (Å²) in [4.78, 5) is 4.31. The zero-order chi connectivity index (χ0) is 13.9. The first-order valence-corrected chi connectivity index (χ1v) is 6.54. The standard InChI is InChI=1S/C17H15NO2/c1-12(19)13-7-9-14(10-8-13)20-17-6-2-5-16-15(17)4-3-11-18-16/h2-12,19H,1H3. The lowest BCUT2D eigenvalue weighted by Crippen LogP contribution is -1.91. The molecule has 100 valence electrons. The van der Waals surface area contributed by atoms with E-state index in [4.69, 9.17) is 4.74 Å². The van der Waals surface area contributed by atoms with Gasteiger partial charge in [-0.2, -0.15) is 0 Å². The van der Waals surface area contributed by atoms with Crippen molar-refractivity contribution in [2.24, 2.45) is 0 Å². The maximum absolute atomic E-state index is 9.50. The minimum Gasteiger partial charge on any atom is -0.457 e. The van der Waals surface area contributed by atoms with Crippen molar-refractivity contribution in [3.05, 3.63) is 66.4 Å². The van der Waals surface area contributed by atoms with Crippen molar-refractivity contribution in [2.45, 2.75) is 13.0 Å².